The Morgan fingerprint density at radius 3 is 2.10 bits per heavy atom. The minimum atomic E-state index is -3.51. The van der Waals surface area contributed by atoms with Crippen LogP contribution >= 0.6 is 11.6 Å². The third kappa shape index (κ3) is 5.69. The summed E-state index contributed by atoms with van der Waals surface area (Å²) in [7, 11) is -1.15. The van der Waals surface area contributed by atoms with Gasteiger partial charge in [0.25, 0.3) is 5.91 Å². The molecule has 0 radical (unpaired) electrons. The molecular formula is C18H17ClN2O7S. The van der Waals surface area contributed by atoms with Gasteiger partial charge in [-0.15, -0.1) is 0 Å². The fourth-order valence-corrected chi connectivity index (χ4v) is 3.17. The molecule has 0 aliphatic carbocycles. The molecule has 154 valence electrons. The second kappa shape index (κ2) is 8.93. The van der Waals surface area contributed by atoms with Crippen LogP contribution in [0.15, 0.2) is 36.4 Å². The molecule has 9 nitrogen and oxygen atoms in total. The van der Waals surface area contributed by atoms with Gasteiger partial charge in [0.15, 0.2) is 0 Å². The molecule has 11 heteroatoms. The Kier molecular flexibility index (Phi) is 6.83. The molecular weight excluding hydrogens is 424 g/mol. The van der Waals surface area contributed by atoms with Crippen LogP contribution in [0.4, 0.5) is 11.4 Å². The number of carbonyl (C=O) groups is 3. The number of benzene rings is 2. The lowest BCUT2D eigenvalue weighted by molar-refractivity contribution is 0.0587. The van der Waals surface area contributed by atoms with E-state index in [9.17, 15) is 22.8 Å². The summed E-state index contributed by atoms with van der Waals surface area (Å²) in [4.78, 5) is 36.4. The van der Waals surface area contributed by atoms with Crippen molar-refractivity contribution in [2.24, 2.45) is 0 Å². The summed E-state index contributed by atoms with van der Waals surface area (Å²) in [5.74, 6) is -2.07. The smallest absolute Gasteiger partial charge is 0.339 e. The van der Waals surface area contributed by atoms with E-state index in [1.165, 1.54) is 50.6 Å². The van der Waals surface area contributed by atoms with Crippen LogP contribution in [0.5, 0.6) is 0 Å². The van der Waals surface area contributed by atoms with Crippen molar-refractivity contribution in [2.45, 2.75) is 0 Å². The van der Waals surface area contributed by atoms with Crippen LogP contribution in [0.2, 0.25) is 5.02 Å². The Balaban J connectivity index is 2.38. The van der Waals surface area contributed by atoms with Gasteiger partial charge in [-0.3, -0.25) is 9.52 Å². The molecule has 0 saturated heterocycles. The lowest BCUT2D eigenvalue weighted by atomic mass is 10.1. The summed E-state index contributed by atoms with van der Waals surface area (Å²) in [6.45, 7) is 0. The quantitative estimate of drug-likeness (QED) is 0.660. The molecule has 0 unspecified atom stereocenters. The highest BCUT2D eigenvalue weighted by molar-refractivity contribution is 7.92. The molecule has 0 aliphatic heterocycles. The molecule has 2 aromatic rings. The largest absolute Gasteiger partial charge is 0.465 e. The third-order valence-electron chi connectivity index (χ3n) is 3.61. The minimum absolute atomic E-state index is 0.0131. The number of esters is 2. The summed E-state index contributed by atoms with van der Waals surface area (Å²) in [5.41, 5.74) is 0.329. The number of sulfonamides is 1. The maximum atomic E-state index is 12.6. The molecule has 0 fully saturated rings. The van der Waals surface area contributed by atoms with Crippen molar-refractivity contribution in [1.82, 2.24) is 0 Å². The summed E-state index contributed by atoms with van der Waals surface area (Å²) >= 11 is 6.09. The number of hydrogen-bond donors (Lipinski definition) is 2. The number of ether oxygens (including phenoxy) is 2. The van der Waals surface area contributed by atoms with Crippen LogP contribution in [-0.2, 0) is 19.5 Å². The molecule has 2 aromatic carbocycles. The molecule has 2 N–H and O–H groups in total. The summed E-state index contributed by atoms with van der Waals surface area (Å²) < 4.78 is 34.1. The first kappa shape index (κ1) is 22.2. The van der Waals surface area contributed by atoms with Gasteiger partial charge in [0.1, 0.15) is 0 Å². The molecule has 0 saturated carbocycles. The number of methoxy groups -OCH3 is 2. The zero-order valence-electron chi connectivity index (χ0n) is 15.6. The van der Waals surface area contributed by atoms with Crippen molar-refractivity contribution in [3.8, 4) is 0 Å². The van der Waals surface area contributed by atoms with E-state index in [4.69, 9.17) is 11.6 Å². The second-order valence-corrected chi connectivity index (χ2v) is 7.92. The Labute approximate surface area is 172 Å². The average Bonchev–Trinajstić information content (AvgIpc) is 2.65. The molecule has 0 atom stereocenters. The normalized spacial score (nSPS) is 10.8. The number of nitrogens with one attached hydrogen (secondary N) is 2. The van der Waals surface area contributed by atoms with Crippen LogP contribution < -0.4 is 10.0 Å². The number of halogens is 1. The molecule has 29 heavy (non-hydrogen) atoms. The highest BCUT2D eigenvalue weighted by atomic mass is 35.5. The number of hydrogen-bond acceptors (Lipinski definition) is 7. The Bertz CT molecular complexity index is 1080. The molecule has 0 heterocycles. The monoisotopic (exact) mass is 440 g/mol. The van der Waals surface area contributed by atoms with Crippen LogP contribution in [0, 0.1) is 0 Å². The highest BCUT2D eigenvalue weighted by Crippen LogP contribution is 2.25. The van der Waals surface area contributed by atoms with Crippen molar-refractivity contribution in [3.05, 3.63) is 58.1 Å². The second-order valence-electron chi connectivity index (χ2n) is 5.77. The van der Waals surface area contributed by atoms with Gasteiger partial charge in [-0.2, -0.15) is 0 Å². The maximum absolute atomic E-state index is 12.6. The van der Waals surface area contributed by atoms with E-state index in [0.717, 1.165) is 6.26 Å². The molecule has 0 spiro atoms. The van der Waals surface area contributed by atoms with Crippen molar-refractivity contribution in [1.29, 1.82) is 0 Å². The number of anilines is 2. The van der Waals surface area contributed by atoms with Gasteiger partial charge in [-0.05, 0) is 36.4 Å². The van der Waals surface area contributed by atoms with Crippen molar-refractivity contribution in [3.63, 3.8) is 0 Å². The topological polar surface area (TPSA) is 128 Å². The zero-order chi connectivity index (χ0) is 21.8. The number of carbonyl (C=O) groups excluding carboxylic acids is 3. The average molecular weight is 441 g/mol. The molecule has 0 bridgehead atoms. The van der Waals surface area contributed by atoms with Crippen molar-refractivity contribution < 1.29 is 32.3 Å². The van der Waals surface area contributed by atoms with E-state index in [0.29, 0.717) is 0 Å². The predicted molar refractivity (Wildman–Crippen MR) is 107 cm³/mol. The number of rotatable bonds is 6. The van der Waals surface area contributed by atoms with Crippen LogP contribution in [0.3, 0.4) is 0 Å². The van der Waals surface area contributed by atoms with E-state index in [2.05, 4.69) is 19.5 Å². The molecule has 0 aliphatic rings. The predicted octanol–water partition coefficient (Wildman–Crippen LogP) is 2.54. The highest BCUT2D eigenvalue weighted by Gasteiger charge is 2.19. The zero-order valence-corrected chi connectivity index (χ0v) is 17.2. The standard InChI is InChI=1S/C18H17ClN2O7S/c1-27-17(23)10-4-6-13(18(24)28-2)15(8-10)20-16(22)12-7-5-11(9-14(12)19)21-29(3,25)26/h4-9,21H,1-3H3,(H,20,22). The Morgan fingerprint density at radius 1 is 0.931 bits per heavy atom. The van der Waals surface area contributed by atoms with Crippen LogP contribution in [0.25, 0.3) is 0 Å². The number of amides is 1. The van der Waals surface area contributed by atoms with Gasteiger partial charge in [-0.1, -0.05) is 11.6 Å². The van der Waals surface area contributed by atoms with Crippen LogP contribution in [-0.4, -0.2) is 46.7 Å². The van der Waals surface area contributed by atoms with Crippen molar-refractivity contribution >= 4 is 50.8 Å². The van der Waals surface area contributed by atoms with Gasteiger partial charge in [-0.25, -0.2) is 18.0 Å². The van der Waals surface area contributed by atoms with E-state index < -0.39 is 27.9 Å². The SMILES string of the molecule is COC(=O)c1ccc(C(=O)OC)c(NC(=O)c2ccc(NS(C)(=O)=O)cc2Cl)c1. The van der Waals surface area contributed by atoms with Gasteiger partial charge >= 0.3 is 11.9 Å². The van der Waals surface area contributed by atoms with Gasteiger partial charge < -0.3 is 14.8 Å². The minimum Gasteiger partial charge on any atom is -0.465 e. The van der Waals surface area contributed by atoms with Crippen LogP contribution in [0.1, 0.15) is 31.1 Å². The van der Waals surface area contributed by atoms with E-state index >= 15 is 0 Å². The Hall–Kier alpha value is -3.11. The first-order valence-electron chi connectivity index (χ1n) is 7.95. The molecule has 0 aromatic heterocycles. The van der Waals surface area contributed by atoms with E-state index in [1.54, 1.807) is 0 Å². The molecule has 2 rings (SSSR count). The van der Waals surface area contributed by atoms with Crippen molar-refractivity contribution in [2.75, 3.05) is 30.5 Å². The summed E-state index contributed by atoms with van der Waals surface area (Å²) in [6, 6.07) is 7.87. The Morgan fingerprint density at radius 2 is 1.55 bits per heavy atom. The summed E-state index contributed by atoms with van der Waals surface area (Å²) in [5, 5.41) is 2.47. The summed E-state index contributed by atoms with van der Waals surface area (Å²) in [6.07, 6.45) is 0.976. The fraction of sp³-hybridized carbons (Fsp3) is 0.167. The third-order valence-corrected chi connectivity index (χ3v) is 4.53. The maximum Gasteiger partial charge on any atom is 0.339 e. The fourth-order valence-electron chi connectivity index (χ4n) is 2.35. The van der Waals surface area contributed by atoms with Gasteiger partial charge in [0.2, 0.25) is 10.0 Å². The molecule has 1 amide bonds. The van der Waals surface area contributed by atoms with Gasteiger partial charge in [0.05, 0.1) is 47.9 Å². The first-order valence-corrected chi connectivity index (χ1v) is 10.2. The van der Waals surface area contributed by atoms with E-state index in [-0.39, 0.29) is 33.1 Å². The van der Waals surface area contributed by atoms with Gasteiger partial charge in [0, 0.05) is 5.69 Å². The van der Waals surface area contributed by atoms with E-state index in [1.807, 2.05) is 0 Å². The lowest BCUT2D eigenvalue weighted by Crippen LogP contribution is -2.17. The lowest BCUT2D eigenvalue weighted by Gasteiger charge is -2.13. The first-order chi connectivity index (χ1) is 13.6.